The SMILES string of the molecule is CC1CC(C2=NN(C)C3C(N)=NC=CN23)CC(F)(F)C1. The average Bonchev–Trinajstić information content (AvgIpc) is 2.65. The molecule has 20 heavy (non-hydrogen) atoms. The monoisotopic (exact) mass is 283 g/mol. The number of fused-ring (bicyclic) bond motifs is 1. The molecule has 0 aromatic heterocycles. The average molecular weight is 283 g/mol. The number of rotatable bonds is 1. The molecular formula is C13H19F2N5. The maximum absolute atomic E-state index is 13.8. The smallest absolute Gasteiger partial charge is 0.249 e. The molecule has 0 spiro atoms. The molecule has 7 heteroatoms. The number of alkyl halides is 2. The van der Waals surface area contributed by atoms with Gasteiger partial charge < -0.3 is 10.6 Å². The van der Waals surface area contributed by atoms with Gasteiger partial charge in [-0.15, -0.1) is 0 Å². The fourth-order valence-electron chi connectivity index (χ4n) is 3.42. The Morgan fingerprint density at radius 3 is 2.85 bits per heavy atom. The van der Waals surface area contributed by atoms with Crippen molar-refractivity contribution < 1.29 is 8.78 Å². The standard InChI is InChI=1S/C13H19F2N5/c1-8-5-9(7-13(14,15)6-8)11-18-19(2)12-10(16)17-3-4-20(11)12/h3-4,8-9,12H,5-7H2,1-2H3,(H2,16,17). The molecule has 2 heterocycles. The number of hydrazone groups is 1. The van der Waals surface area contributed by atoms with Crippen molar-refractivity contribution in [3.63, 3.8) is 0 Å². The summed E-state index contributed by atoms with van der Waals surface area (Å²) >= 11 is 0. The number of likely N-dealkylation sites (N-methyl/N-ethyl adjacent to an activating group) is 1. The van der Waals surface area contributed by atoms with Gasteiger partial charge in [0.15, 0.2) is 6.17 Å². The molecule has 0 bridgehead atoms. The highest BCUT2D eigenvalue weighted by molar-refractivity contribution is 5.96. The fraction of sp³-hybridized carbons (Fsp3) is 0.692. The van der Waals surface area contributed by atoms with Crippen molar-refractivity contribution in [2.45, 2.75) is 38.3 Å². The fourth-order valence-corrected chi connectivity index (χ4v) is 3.42. The zero-order valence-corrected chi connectivity index (χ0v) is 11.6. The van der Waals surface area contributed by atoms with Gasteiger partial charge in [-0.25, -0.2) is 13.8 Å². The minimum Gasteiger partial charge on any atom is -0.384 e. The summed E-state index contributed by atoms with van der Waals surface area (Å²) in [5.41, 5.74) is 5.88. The molecule has 5 nitrogen and oxygen atoms in total. The zero-order valence-electron chi connectivity index (χ0n) is 11.6. The third-order valence-corrected chi connectivity index (χ3v) is 4.10. The van der Waals surface area contributed by atoms with Crippen LogP contribution in [0.25, 0.3) is 0 Å². The normalized spacial score (nSPS) is 35.7. The van der Waals surface area contributed by atoms with Crippen LogP contribution >= 0.6 is 0 Å². The van der Waals surface area contributed by atoms with E-state index in [4.69, 9.17) is 5.73 Å². The van der Waals surface area contributed by atoms with Crippen molar-refractivity contribution >= 4 is 11.7 Å². The van der Waals surface area contributed by atoms with E-state index < -0.39 is 5.92 Å². The summed E-state index contributed by atoms with van der Waals surface area (Å²) in [5.74, 6) is -1.74. The molecule has 1 fully saturated rings. The van der Waals surface area contributed by atoms with Crippen LogP contribution in [0.3, 0.4) is 0 Å². The molecule has 0 aromatic rings. The van der Waals surface area contributed by atoms with E-state index in [1.54, 1.807) is 24.5 Å². The van der Waals surface area contributed by atoms with Gasteiger partial charge in [0.2, 0.25) is 5.92 Å². The quantitative estimate of drug-likeness (QED) is 0.798. The Balaban J connectivity index is 1.86. The summed E-state index contributed by atoms with van der Waals surface area (Å²) in [5, 5.41) is 6.13. The van der Waals surface area contributed by atoms with Crippen molar-refractivity contribution in [1.82, 2.24) is 9.91 Å². The van der Waals surface area contributed by atoms with Crippen molar-refractivity contribution in [3.05, 3.63) is 12.4 Å². The maximum Gasteiger partial charge on any atom is 0.249 e. The lowest BCUT2D eigenvalue weighted by atomic mass is 9.79. The highest BCUT2D eigenvalue weighted by Gasteiger charge is 2.46. The van der Waals surface area contributed by atoms with Crippen LogP contribution < -0.4 is 5.73 Å². The molecular weight excluding hydrogens is 264 g/mol. The summed E-state index contributed by atoms with van der Waals surface area (Å²) in [6.45, 7) is 1.87. The predicted molar refractivity (Wildman–Crippen MR) is 73.0 cm³/mol. The number of nitrogens with zero attached hydrogens (tertiary/aromatic N) is 4. The number of nitrogens with two attached hydrogens (primary N) is 1. The number of halogens is 2. The molecule has 1 saturated carbocycles. The molecule has 3 unspecified atom stereocenters. The number of amidine groups is 2. The first-order valence-corrected chi connectivity index (χ1v) is 6.85. The van der Waals surface area contributed by atoms with Gasteiger partial charge in [-0.2, -0.15) is 5.10 Å². The van der Waals surface area contributed by atoms with Crippen molar-refractivity contribution in [3.8, 4) is 0 Å². The number of hydrogen-bond donors (Lipinski definition) is 1. The van der Waals surface area contributed by atoms with E-state index in [1.807, 2.05) is 11.8 Å². The molecule has 0 amide bonds. The zero-order chi connectivity index (χ0) is 14.5. The van der Waals surface area contributed by atoms with Crippen LogP contribution in [0.4, 0.5) is 8.78 Å². The van der Waals surface area contributed by atoms with E-state index in [9.17, 15) is 8.78 Å². The van der Waals surface area contributed by atoms with Crippen molar-refractivity contribution in [2.24, 2.45) is 27.7 Å². The van der Waals surface area contributed by atoms with Crippen LogP contribution in [-0.2, 0) is 0 Å². The molecule has 3 atom stereocenters. The van der Waals surface area contributed by atoms with Crippen molar-refractivity contribution in [1.29, 1.82) is 0 Å². The molecule has 1 aliphatic carbocycles. The van der Waals surface area contributed by atoms with Crippen LogP contribution in [0.5, 0.6) is 0 Å². The van der Waals surface area contributed by atoms with Crippen LogP contribution in [0.15, 0.2) is 22.5 Å². The summed E-state index contributed by atoms with van der Waals surface area (Å²) in [6.07, 6.45) is 3.64. The van der Waals surface area contributed by atoms with Crippen LogP contribution in [0.2, 0.25) is 0 Å². The lowest BCUT2D eigenvalue weighted by molar-refractivity contribution is -0.0600. The highest BCUT2D eigenvalue weighted by atomic mass is 19.3. The van der Waals surface area contributed by atoms with Gasteiger partial charge in [0.05, 0.1) is 0 Å². The van der Waals surface area contributed by atoms with Crippen LogP contribution in [0.1, 0.15) is 26.2 Å². The van der Waals surface area contributed by atoms with Gasteiger partial charge in [0.25, 0.3) is 0 Å². The van der Waals surface area contributed by atoms with E-state index in [2.05, 4.69) is 10.1 Å². The van der Waals surface area contributed by atoms with Gasteiger partial charge in [0, 0.05) is 38.2 Å². The molecule has 3 rings (SSSR count). The van der Waals surface area contributed by atoms with E-state index in [-0.39, 0.29) is 30.8 Å². The van der Waals surface area contributed by atoms with Gasteiger partial charge >= 0.3 is 0 Å². The largest absolute Gasteiger partial charge is 0.384 e. The summed E-state index contributed by atoms with van der Waals surface area (Å²) < 4.78 is 27.6. The van der Waals surface area contributed by atoms with E-state index in [0.717, 1.165) is 6.42 Å². The topological polar surface area (TPSA) is 57.2 Å². The minimum absolute atomic E-state index is 0.00408. The van der Waals surface area contributed by atoms with E-state index in [0.29, 0.717) is 11.7 Å². The van der Waals surface area contributed by atoms with Gasteiger partial charge in [0.1, 0.15) is 11.7 Å². The summed E-state index contributed by atoms with van der Waals surface area (Å²) in [6, 6.07) is 0. The van der Waals surface area contributed by atoms with E-state index in [1.165, 1.54) is 0 Å². The van der Waals surface area contributed by atoms with Crippen LogP contribution in [-0.4, -0.2) is 40.7 Å². The Morgan fingerprint density at radius 1 is 1.40 bits per heavy atom. The Labute approximate surface area is 116 Å². The lowest BCUT2D eigenvalue weighted by Gasteiger charge is -2.36. The third-order valence-electron chi connectivity index (χ3n) is 4.10. The summed E-state index contributed by atoms with van der Waals surface area (Å²) in [4.78, 5) is 5.92. The Bertz CT molecular complexity index is 499. The lowest BCUT2D eigenvalue weighted by Crippen LogP contribution is -2.50. The Kier molecular flexibility index (Phi) is 2.95. The first-order chi connectivity index (χ1) is 9.37. The minimum atomic E-state index is -2.61. The third kappa shape index (κ3) is 2.14. The molecule has 110 valence electrons. The second kappa shape index (κ2) is 4.43. The highest BCUT2D eigenvalue weighted by Crippen LogP contribution is 2.42. The Morgan fingerprint density at radius 2 is 2.15 bits per heavy atom. The predicted octanol–water partition coefficient (Wildman–Crippen LogP) is 1.79. The molecule has 2 aliphatic heterocycles. The van der Waals surface area contributed by atoms with Crippen molar-refractivity contribution in [2.75, 3.05) is 7.05 Å². The first kappa shape index (κ1) is 13.3. The van der Waals surface area contributed by atoms with Gasteiger partial charge in [-0.05, 0) is 12.3 Å². The Hall–Kier alpha value is -1.66. The first-order valence-electron chi connectivity index (χ1n) is 6.85. The number of hydrogen-bond acceptors (Lipinski definition) is 5. The molecule has 0 saturated heterocycles. The molecule has 2 N–H and O–H groups in total. The van der Waals surface area contributed by atoms with Gasteiger partial charge in [-0.3, -0.25) is 5.01 Å². The maximum atomic E-state index is 13.8. The van der Waals surface area contributed by atoms with Crippen LogP contribution in [0, 0.1) is 11.8 Å². The molecule has 3 aliphatic rings. The van der Waals surface area contributed by atoms with Gasteiger partial charge in [-0.1, -0.05) is 6.92 Å². The molecule has 0 radical (unpaired) electrons. The number of aliphatic imine (C=N–C) groups is 1. The second-order valence-corrected chi connectivity index (χ2v) is 5.97. The summed E-state index contributed by atoms with van der Waals surface area (Å²) in [7, 11) is 1.79. The molecule has 0 aromatic carbocycles. The second-order valence-electron chi connectivity index (χ2n) is 5.97. The van der Waals surface area contributed by atoms with E-state index >= 15 is 0 Å².